The number of aromatic nitrogens is 1. The molecule has 6 nitrogen and oxygen atoms in total. The predicted molar refractivity (Wildman–Crippen MR) is 99.1 cm³/mol. The van der Waals surface area contributed by atoms with Crippen molar-refractivity contribution in [3.8, 4) is 11.3 Å². The molecule has 25 heavy (non-hydrogen) atoms. The number of thiophene rings is 1. The summed E-state index contributed by atoms with van der Waals surface area (Å²) >= 11 is 7.05. The predicted octanol–water partition coefficient (Wildman–Crippen LogP) is 3.32. The number of nitrogens with one attached hydrogen (secondary N) is 1. The van der Waals surface area contributed by atoms with Crippen LogP contribution in [0.3, 0.4) is 0 Å². The molecule has 1 aromatic carbocycles. The van der Waals surface area contributed by atoms with E-state index in [1.165, 1.54) is 11.3 Å². The maximum atomic E-state index is 12.0. The second kappa shape index (κ2) is 7.50. The summed E-state index contributed by atoms with van der Waals surface area (Å²) in [5, 5.41) is 6.80. The number of nitrogens with zero attached hydrogens (tertiary/aromatic N) is 2. The van der Waals surface area contributed by atoms with Crippen molar-refractivity contribution in [2.24, 2.45) is 10.7 Å². The average molecular weight is 375 g/mol. The Kier molecular flexibility index (Phi) is 5.16. The molecular formula is C17H15ClN4O2S. The quantitative estimate of drug-likeness (QED) is 0.529. The summed E-state index contributed by atoms with van der Waals surface area (Å²) in [7, 11) is 1.64. The van der Waals surface area contributed by atoms with Crippen LogP contribution in [0.2, 0.25) is 4.34 Å². The molecule has 0 radical (unpaired) electrons. The molecule has 0 aliphatic rings. The van der Waals surface area contributed by atoms with Crippen molar-refractivity contribution in [2.45, 2.75) is 6.54 Å². The van der Waals surface area contributed by atoms with Crippen molar-refractivity contribution in [1.29, 1.82) is 0 Å². The second-order valence-corrected chi connectivity index (χ2v) is 6.87. The molecule has 0 saturated carbocycles. The van der Waals surface area contributed by atoms with Gasteiger partial charge in [0.05, 0.1) is 15.8 Å². The van der Waals surface area contributed by atoms with Crippen molar-refractivity contribution in [2.75, 3.05) is 7.05 Å². The number of benzene rings is 1. The number of aliphatic imine (C=N–C) groups is 1. The van der Waals surface area contributed by atoms with Crippen molar-refractivity contribution in [3.63, 3.8) is 0 Å². The number of nitrogens with two attached hydrogens (primary N) is 1. The molecule has 3 N–H and O–H groups in total. The highest BCUT2D eigenvalue weighted by atomic mass is 35.5. The van der Waals surface area contributed by atoms with Crippen LogP contribution in [0.5, 0.6) is 0 Å². The van der Waals surface area contributed by atoms with Crippen molar-refractivity contribution in [1.82, 2.24) is 10.5 Å². The summed E-state index contributed by atoms with van der Waals surface area (Å²) in [4.78, 5) is 16.5. The monoisotopic (exact) mass is 374 g/mol. The molecule has 0 spiro atoms. The number of amides is 1. The van der Waals surface area contributed by atoms with Gasteiger partial charge in [-0.05, 0) is 12.1 Å². The first-order valence-electron chi connectivity index (χ1n) is 7.39. The Hall–Kier alpha value is -2.64. The number of rotatable bonds is 5. The maximum Gasteiger partial charge on any atom is 0.261 e. The Morgan fingerprint density at radius 2 is 2.08 bits per heavy atom. The molecule has 0 aliphatic heterocycles. The number of hydrogen-bond donors (Lipinski definition) is 2. The third-order valence-corrected chi connectivity index (χ3v) is 4.73. The summed E-state index contributed by atoms with van der Waals surface area (Å²) < 4.78 is 5.85. The third-order valence-electron chi connectivity index (χ3n) is 3.50. The summed E-state index contributed by atoms with van der Waals surface area (Å²) in [5.74, 6) is 0.835. The fourth-order valence-corrected chi connectivity index (χ4v) is 3.12. The molecule has 0 fully saturated rings. The van der Waals surface area contributed by atoms with Crippen LogP contribution >= 0.6 is 22.9 Å². The molecule has 0 bridgehead atoms. The molecule has 0 saturated heterocycles. The van der Waals surface area contributed by atoms with Crippen LogP contribution in [0.1, 0.15) is 21.0 Å². The van der Waals surface area contributed by atoms with E-state index in [2.05, 4.69) is 15.5 Å². The number of halogens is 1. The maximum absolute atomic E-state index is 12.0. The average Bonchev–Trinajstić information content (AvgIpc) is 3.28. The number of carbonyl (C=O) groups excluding carboxylic acids is 1. The highest BCUT2D eigenvalue weighted by Gasteiger charge is 2.11. The second-order valence-electron chi connectivity index (χ2n) is 5.15. The van der Waals surface area contributed by atoms with E-state index in [1.54, 1.807) is 25.2 Å². The van der Waals surface area contributed by atoms with Crippen LogP contribution in [-0.2, 0) is 6.54 Å². The zero-order valence-corrected chi connectivity index (χ0v) is 14.9. The van der Waals surface area contributed by atoms with Gasteiger partial charge >= 0.3 is 0 Å². The lowest BCUT2D eigenvalue weighted by Crippen LogP contribution is -2.21. The van der Waals surface area contributed by atoms with E-state index in [9.17, 15) is 4.79 Å². The molecule has 2 aromatic heterocycles. The van der Waals surface area contributed by atoms with Gasteiger partial charge < -0.3 is 15.6 Å². The zero-order chi connectivity index (χ0) is 17.8. The summed E-state index contributed by atoms with van der Waals surface area (Å²) in [5.41, 5.74) is 8.19. The van der Waals surface area contributed by atoms with Gasteiger partial charge in [-0.1, -0.05) is 41.0 Å². The molecule has 0 aliphatic carbocycles. The number of carbonyl (C=O) groups is 1. The van der Waals surface area contributed by atoms with Crippen molar-refractivity contribution < 1.29 is 9.32 Å². The molecule has 3 aromatic rings. The Morgan fingerprint density at radius 1 is 1.32 bits per heavy atom. The van der Waals surface area contributed by atoms with Gasteiger partial charge in [0.2, 0.25) is 0 Å². The molecule has 128 valence electrons. The van der Waals surface area contributed by atoms with Gasteiger partial charge in [-0.15, -0.1) is 11.3 Å². The Morgan fingerprint density at radius 3 is 2.72 bits per heavy atom. The molecule has 3 rings (SSSR count). The van der Waals surface area contributed by atoms with Gasteiger partial charge in [0.1, 0.15) is 11.5 Å². The van der Waals surface area contributed by atoms with Crippen LogP contribution in [0.15, 0.2) is 52.0 Å². The molecule has 1 amide bonds. The van der Waals surface area contributed by atoms with Crippen LogP contribution < -0.4 is 11.1 Å². The first-order valence-corrected chi connectivity index (χ1v) is 8.58. The van der Waals surface area contributed by atoms with Gasteiger partial charge in [-0.25, -0.2) is 0 Å². The van der Waals surface area contributed by atoms with Crippen molar-refractivity contribution in [3.05, 3.63) is 63.0 Å². The largest absolute Gasteiger partial charge is 0.384 e. The Bertz CT molecular complexity index is 915. The lowest BCUT2D eigenvalue weighted by Gasteiger charge is -2.00. The summed E-state index contributed by atoms with van der Waals surface area (Å²) in [6.07, 6.45) is 0. The minimum absolute atomic E-state index is 0.200. The normalized spacial score (nSPS) is 11.5. The lowest BCUT2D eigenvalue weighted by molar-refractivity contribution is 0.0951. The van der Waals surface area contributed by atoms with Gasteiger partial charge in [0.25, 0.3) is 5.91 Å². The number of hydrogen-bond acceptors (Lipinski definition) is 5. The van der Waals surface area contributed by atoms with E-state index in [0.29, 0.717) is 26.5 Å². The molecular weight excluding hydrogens is 360 g/mol. The smallest absolute Gasteiger partial charge is 0.261 e. The minimum atomic E-state index is -0.200. The number of amidine groups is 1. The van der Waals surface area contributed by atoms with Gasteiger partial charge in [0, 0.05) is 24.2 Å². The SMILES string of the molecule is CN=C(N)c1ccc(-c2cc(CNC(=O)c3ccc(Cl)s3)on2)cc1. The van der Waals surface area contributed by atoms with Gasteiger partial charge in [-0.3, -0.25) is 9.79 Å². The highest BCUT2D eigenvalue weighted by Crippen LogP contribution is 2.22. The summed E-state index contributed by atoms with van der Waals surface area (Å²) in [6.45, 7) is 0.245. The topological polar surface area (TPSA) is 93.5 Å². The fourth-order valence-electron chi connectivity index (χ4n) is 2.16. The fraction of sp³-hybridized carbons (Fsp3) is 0.118. The standard InChI is InChI=1S/C17H15ClN4O2S/c1-20-16(19)11-4-2-10(3-5-11)13-8-12(24-22-13)9-21-17(23)14-6-7-15(18)25-14/h2-8H,9H2,1H3,(H2,19,20)(H,21,23). The van der Waals surface area contributed by atoms with Crippen LogP contribution in [0, 0.1) is 0 Å². The van der Waals surface area contributed by atoms with Crippen LogP contribution in [-0.4, -0.2) is 23.9 Å². The first-order chi connectivity index (χ1) is 12.1. The van der Waals surface area contributed by atoms with Crippen molar-refractivity contribution >= 4 is 34.7 Å². The summed E-state index contributed by atoms with van der Waals surface area (Å²) in [6, 6.07) is 12.7. The first kappa shape index (κ1) is 17.2. The highest BCUT2D eigenvalue weighted by molar-refractivity contribution is 7.17. The van der Waals surface area contributed by atoms with E-state index in [0.717, 1.165) is 11.1 Å². The molecule has 2 heterocycles. The van der Waals surface area contributed by atoms with Gasteiger partial charge in [-0.2, -0.15) is 0 Å². The lowest BCUT2D eigenvalue weighted by atomic mass is 10.1. The van der Waals surface area contributed by atoms with Gasteiger partial charge in [0.15, 0.2) is 5.76 Å². The van der Waals surface area contributed by atoms with Crippen LogP contribution in [0.4, 0.5) is 0 Å². The van der Waals surface area contributed by atoms with E-state index in [1.807, 2.05) is 24.3 Å². The molecule has 0 unspecified atom stereocenters. The Labute approximate surface area is 153 Å². The zero-order valence-electron chi connectivity index (χ0n) is 13.3. The molecule has 8 heteroatoms. The molecule has 0 atom stereocenters. The van der Waals surface area contributed by atoms with Crippen LogP contribution in [0.25, 0.3) is 11.3 Å². The minimum Gasteiger partial charge on any atom is -0.384 e. The Balaban J connectivity index is 1.65. The third kappa shape index (κ3) is 4.07. The van der Waals surface area contributed by atoms with E-state index < -0.39 is 0 Å². The van der Waals surface area contributed by atoms with E-state index >= 15 is 0 Å². The van der Waals surface area contributed by atoms with E-state index in [-0.39, 0.29) is 12.5 Å². The van der Waals surface area contributed by atoms with E-state index in [4.69, 9.17) is 21.9 Å².